The number of hydrogen-bond donors (Lipinski definition) is 1. The monoisotopic (exact) mass is 666 g/mol. The molecule has 1 aliphatic heterocycles. The van der Waals surface area contributed by atoms with Gasteiger partial charge in [-0.2, -0.15) is 11.8 Å². The molecule has 0 aromatic heterocycles. The molecule has 1 aliphatic rings. The Hall–Kier alpha value is -1.51. The van der Waals surface area contributed by atoms with Crippen molar-refractivity contribution < 1.29 is 19.1 Å². The van der Waals surface area contributed by atoms with E-state index in [4.69, 9.17) is 4.74 Å². The molecule has 45 heavy (non-hydrogen) atoms. The highest BCUT2D eigenvalue weighted by Gasteiger charge is 2.44. The van der Waals surface area contributed by atoms with Crippen molar-refractivity contribution in [2.45, 2.75) is 126 Å². The lowest BCUT2D eigenvalue weighted by Crippen LogP contribution is -2.45. The van der Waals surface area contributed by atoms with E-state index in [1.165, 1.54) is 10.5 Å². The van der Waals surface area contributed by atoms with Gasteiger partial charge in [0.2, 0.25) is 17.7 Å². The van der Waals surface area contributed by atoms with Crippen LogP contribution in [-0.4, -0.2) is 70.4 Å². The third-order valence-electron chi connectivity index (χ3n) is 6.38. The van der Waals surface area contributed by atoms with Gasteiger partial charge >= 0.3 is 0 Å². The first kappa shape index (κ1) is 43.5. The van der Waals surface area contributed by atoms with Crippen LogP contribution in [0.25, 0.3) is 0 Å². The number of ether oxygens (including phenoxy) is 1. The van der Waals surface area contributed by atoms with Gasteiger partial charge < -0.3 is 10.1 Å². The first-order valence-electron chi connectivity index (χ1n) is 16.4. The Bertz CT molecular complexity index is 1000. The zero-order chi connectivity index (χ0) is 35.1. The number of imide groups is 1. The number of rotatable bonds is 11. The Kier molecular flexibility index (Phi) is 19.3. The number of carbonyl (C=O) groups excluding carboxylic acids is 3. The van der Waals surface area contributed by atoms with Gasteiger partial charge in [-0.1, -0.05) is 106 Å². The molecule has 260 valence electrons. The molecule has 0 bridgehead atoms. The minimum Gasteiger partial charge on any atom is -0.380 e. The number of amides is 3. The van der Waals surface area contributed by atoms with E-state index >= 15 is 0 Å². The zero-order valence-corrected chi connectivity index (χ0v) is 32.7. The van der Waals surface area contributed by atoms with Gasteiger partial charge in [-0.25, -0.2) is 0 Å². The van der Waals surface area contributed by atoms with Gasteiger partial charge in [0.05, 0.1) is 17.6 Å². The van der Waals surface area contributed by atoms with Crippen LogP contribution in [0.3, 0.4) is 0 Å². The van der Waals surface area contributed by atoms with Gasteiger partial charge in [-0.15, -0.1) is 11.8 Å². The van der Waals surface area contributed by atoms with E-state index in [1.807, 2.05) is 20.8 Å². The first-order valence-corrected chi connectivity index (χ1v) is 18.6. The van der Waals surface area contributed by atoms with Crippen molar-refractivity contribution in [2.24, 2.45) is 16.7 Å². The van der Waals surface area contributed by atoms with Crippen LogP contribution in [0.1, 0.15) is 115 Å². The lowest BCUT2D eigenvalue weighted by atomic mass is 9.87. The molecule has 8 heteroatoms. The number of thioether (sulfide) groups is 2. The predicted octanol–water partition coefficient (Wildman–Crippen LogP) is 8.62. The first-order chi connectivity index (χ1) is 20.4. The minimum atomic E-state index is -0.388. The number of carbonyl (C=O) groups is 3. The van der Waals surface area contributed by atoms with Crippen LogP contribution in [0.4, 0.5) is 0 Å². The molecule has 1 aromatic carbocycles. The average Bonchev–Trinajstić information content (AvgIpc) is 3.17. The second-order valence-corrected chi connectivity index (χ2v) is 18.8. The van der Waals surface area contributed by atoms with E-state index < -0.39 is 0 Å². The summed E-state index contributed by atoms with van der Waals surface area (Å²) in [6.45, 7) is 31.7. The van der Waals surface area contributed by atoms with Crippen LogP contribution in [0.5, 0.6) is 0 Å². The quantitative estimate of drug-likeness (QED) is 0.188. The number of nitrogens with one attached hydrogen (secondary N) is 1. The summed E-state index contributed by atoms with van der Waals surface area (Å²) in [4.78, 5) is 36.8. The van der Waals surface area contributed by atoms with E-state index in [0.29, 0.717) is 42.1 Å². The van der Waals surface area contributed by atoms with Crippen LogP contribution in [0, 0.1) is 16.7 Å². The summed E-state index contributed by atoms with van der Waals surface area (Å²) < 4.78 is 5.50. The van der Waals surface area contributed by atoms with Gasteiger partial charge in [0.25, 0.3) is 0 Å². The lowest BCUT2D eigenvalue weighted by Gasteiger charge is -2.30. The fraction of sp³-hybridized carbons (Fsp3) is 0.757. The van der Waals surface area contributed by atoms with E-state index in [0.717, 1.165) is 24.5 Å². The van der Waals surface area contributed by atoms with Crippen LogP contribution in [0.2, 0.25) is 0 Å². The molecule has 2 rings (SSSR count). The Morgan fingerprint density at radius 2 is 1.49 bits per heavy atom. The third kappa shape index (κ3) is 21.8. The van der Waals surface area contributed by atoms with Crippen molar-refractivity contribution in [2.75, 3.05) is 37.0 Å². The molecule has 1 fully saturated rings. The van der Waals surface area contributed by atoms with Crippen molar-refractivity contribution in [3.63, 3.8) is 0 Å². The number of likely N-dealkylation sites (tertiary alicyclic amines) is 1. The maximum atomic E-state index is 12.1. The molecule has 0 saturated carbocycles. The van der Waals surface area contributed by atoms with Gasteiger partial charge in [0.15, 0.2) is 0 Å². The largest absolute Gasteiger partial charge is 0.380 e. The summed E-state index contributed by atoms with van der Waals surface area (Å²) in [5, 5.41) is 2.72. The van der Waals surface area contributed by atoms with Crippen LogP contribution in [0.15, 0.2) is 30.3 Å². The van der Waals surface area contributed by atoms with Crippen LogP contribution >= 0.6 is 23.5 Å². The van der Waals surface area contributed by atoms with Gasteiger partial charge in [-0.05, 0) is 66.4 Å². The Labute approximate surface area is 285 Å². The highest BCUT2D eigenvalue weighted by Crippen LogP contribution is 2.31. The molecular formula is C37H66N2O4S2. The van der Waals surface area contributed by atoms with Crippen molar-refractivity contribution in [3.05, 3.63) is 35.9 Å². The molecular weight excluding hydrogens is 601 g/mol. The van der Waals surface area contributed by atoms with Crippen LogP contribution in [-0.2, 0) is 24.5 Å². The molecule has 0 radical (unpaired) electrons. The predicted molar refractivity (Wildman–Crippen MR) is 197 cm³/mol. The summed E-state index contributed by atoms with van der Waals surface area (Å²) in [7, 11) is 0. The van der Waals surface area contributed by atoms with Gasteiger partial charge in [0, 0.05) is 25.1 Å². The maximum Gasteiger partial charge on any atom is 0.243 e. The molecule has 1 N–H and O–H groups in total. The molecule has 1 aromatic rings. The summed E-state index contributed by atoms with van der Waals surface area (Å²) in [5.41, 5.74) is 1.89. The SMILES string of the molecule is CC(C)(C)CCOCCNC(=O)CSCC(C)(C)C.CC(C)(C)c1ccccc1.CC(C)CSC1CC(=O)N(C(C)(C)C)C1=O. The standard InChI is InChI=1S/C15H31NO2S.C12H21NO2S.C10H14/c1-14(2,3)7-9-18-10-8-16-13(17)11-19-12-15(4,5)6;1-8(2)7-16-9-6-10(14)13(11(9)15)12(3,4)5;1-10(2,3)9-7-5-4-6-8-9/h7-12H2,1-6H3,(H,16,17);8-9H,6-7H2,1-5H3;4-8H,1-3H3. The average molecular weight is 667 g/mol. The third-order valence-corrected chi connectivity index (χ3v) is 9.55. The fourth-order valence-corrected chi connectivity index (χ4v) is 6.06. The number of hydrogen-bond acceptors (Lipinski definition) is 6. The second-order valence-electron chi connectivity index (χ2n) is 16.6. The molecule has 1 saturated heterocycles. The van der Waals surface area contributed by atoms with Crippen molar-refractivity contribution in [3.8, 4) is 0 Å². The molecule has 1 unspecified atom stereocenters. The number of benzene rings is 1. The van der Waals surface area contributed by atoms with Gasteiger partial charge in [0.1, 0.15) is 0 Å². The summed E-state index contributed by atoms with van der Waals surface area (Å²) in [6.07, 6.45) is 1.41. The Balaban J connectivity index is 0.000000673. The highest BCUT2D eigenvalue weighted by molar-refractivity contribution is 8.00. The normalized spacial score (nSPS) is 15.8. The number of nitrogens with zero attached hydrogens (tertiary/aromatic N) is 1. The van der Waals surface area contributed by atoms with Crippen LogP contribution < -0.4 is 5.32 Å². The zero-order valence-electron chi connectivity index (χ0n) is 31.1. The Morgan fingerprint density at radius 3 is 1.91 bits per heavy atom. The molecule has 6 nitrogen and oxygen atoms in total. The van der Waals surface area contributed by atoms with E-state index in [2.05, 4.69) is 112 Å². The molecule has 0 aliphatic carbocycles. The second kappa shape index (κ2) is 20.0. The summed E-state index contributed by atoms with van der Waals surface area (Å²) >= 11 is 3.30. The van der Waals surface area contributed by atoms with Gasteiger partial charge in [-0.3, -0.25) is 19.3 Å². The van der Waals surface area contributed by atoms with Crippen molar-refractivity contribution in [1.82, 2.24) is 10.2 Å². The fourth-order valence-electron chi connectivity index (χ4n) is 3.93. The smallest absolute Gasteiger partial charge is 0.243 e. The van der Waals surface area contributed by atoms with E-state index in [1.54, 1.807) is 23.5 Å². The summed E-state index contributed by atoms with van der Waals surface area (Å²) in [6, 6.07) is 10.6. The maximum absolute atomic E-state index is 12.1. The molecule has 3 amide bonds. The van der Waals surface area contributed by atoms with Crippen molar-refractivity contribution in [1.29, 1.82) is 0 Å². The highest BCUT2D eigenvalue weighted by atomic mass is 32.2. The molecule has 0 spiro atoms. The lowest BCUT2D eigenvalue weighted by molar-refractivity contribution is -0.143. The minimum absolute atomic E-state index is 0.0110. The topological polar surface area (TPSA) is 75.7 Å². The Morgan fingerprint density at radius 1 is 0.911 bits per heavy atom. The summed E-state index contributed by atoms with van der Waals surface area (Å²) in [5.74, 6) is 3.09. The van der Waals surface area contributed by atoms with E-state index in [-0.39, 0.29) is 33.9 Å². The molecule has 1 atom stereocenters. The van der Waals surface area contributed by atoms with Crippen molar-refractivity contribution >= 4 is 41.2 Å². The van der Waals surface area contributed by atoms with E-state index in [9.17, 15) is 14.4 Å². The molecule has 1 heterocycles.